The maximum Gasteiger partial charge on any atom is 0.293 e. The number of pyridine rings is 1. The Bertz CT molecular complexity index is 575. The second kappa shape index (κ2) is 5.74. The molecule has 0 aliphatic carbocycles. The molecular formula is C14H14ClNO2. The van der Waals surface area contributed by atoms with E-state index in [-0.39, 0.29) is 5.56 Å². The quantitative estimate of drug-likeness (QED) is 0.849. The van der Waals surface area contributed by atoms with E-state index in [0.29, 0.717) is 23.9 Å². The molecule has 0 N–H and O–H groups in total. The van der Waals surface area contributed by atoms with Crippen molar-refractivity contribution in [3.63, 3.8) is 0 Å². The van der Waals surface area contributed by atoms with Gasteiger partial charge in [-0.1, -0.05) is 23.7 Å². The summed E-state index contributed by atoms with van der Waals surface area (Å²) in [5.74, 6) is 0.383. The molecule has 94 valence electrons. The van der Waals surface area contributed by atoms with Crippen LogP contribution in [0.5, 0.6) is 5.75 Å². The summed E-state index contributed by atoms with van der Waals surface area (Å²) in [6.07, 6.45) is 1.75. The molecule has 0 atom stereocenters. The number of aromatic nitrogens is 1. The van der Waals surface area contributed by atoms with Crippen molar-refractivity contribution in [1.29, 1.82) is 0 Å². The van der Waals surface area contributed by atoms with Crippen molar-refractivity contribution in [3.8, 4) is 5.75 Å². The predicted octanol–water partition coefficient (Wildman–Crippen LogP) is 2.95. The average molecular weight is 264 g/mol. The minimum absolute atomic E-state index is 0.116. The minimum Gasteiger partial charge on any atom is -0.488 e. The monoisotopic (exact) mass is 263 g/mol. The summed E-state index contributed by atoms with van der Waals surface area (Å²) in [6, 6.07) is 10.9. The van der Waals surface area contributed by atoms with Crippen molar-refractivity contribution < 1.29 is 4.74 Å². The Morgan fingerprint density at radius 1 is 1.22 bits per heavy atom. The largest absolute Gasteiger partial charge is 0.488 e. The lowest BCUT2D eigenvalue weighted by Gasteiger charge is -2.08. The van der Waals surface area contributed by atoms with Gasteiger partial charge in [0.05, 0.1) is 13.2 Å². The number of hydrogen-bond donors (Lipinski definition) is 0. The van der Waals surface area contributed by atoms with E-state index in [4.69, 9.17) is 16.3 Å². The van der Waals surface area contributed by atoms with Gasteiger partial charge in [-0.2, -0.15) is 0 Å². The van der Waals surface area contributed by atoms with Gasteiger partial charge in [0.25, 0.3) is 5.56 Å². The molecule has 4 heteroatoms. The van der Waals surface area contributed by atoms with Gasteiger partial charge in [0.15, 0.2) is 5.75 Å². The van der Waals surface area contributed by atoms with E-state index in [1.807, 2.05) is 37.3 Å². The van der Waals surface area contributed by atoms with Gasteiger partial charge < -0.3 is 9.30 Å². The van der Waals surface area contributed by atoms with Gasteiger partial charge in [-0.05, 0) is 36.8 Å². The molecule has 0 aliphatic heterocycles. The summed E-state index contributed by atoms with van der Waals surface area (Å²) < 4.78 is 6.90. The van der Waals surface area contributed by atoms with Crippen LogP contribution < -0.4 is 10.3 Å². The molecule has 0 aliphatic rings. The highest BCUT2D eigenvalue weighted by Crippen LogP contribution is 2.10. The third kappa shape index (κ3) is 2.93. The number of rotatable bonds is 4. The lowest BCUT2D eigenvalue weighted by molar-refractivity contribution is 0.332. The summed E-state index contributed by atoms with van der Waals surface area (Å²) in [4.78, 5) is 12.0. The molecule has 18 heavy (non-hydrogen) atoms. The van der Waals surface area contributed by atoms with Crippen molar-refractivity contribution in [1.82, 2.24) is 4.57 Å². The van der Waals surface area contributed by atoms with E-state index in [9.17, 15) is 4.79 Å². The summed E-state index contributed by atoms with van der Waals surface area (Å²) >= 11 is 5.82. The molecule has 0 fully saturated rings. The Kier molecular flexibility index (Phi) is 4.05. The molecular weight excluding hydrogens is 250 g/mol. The number of halogens is 1. The molecule has 0 spiro atoms. The Hall–Kier alpha value is -1.74. The first kappa shape index (κ1) is 12.7. The smallest absolute Gasteiger partial charge is 0.293 e. The van der Waals surface area contributed by atoms with E-state index in [0.717, 1.165) is 5.56 Å². The Balaban J connectivity index is 2.26. The first-order chi connectivity index (χ1) is 8.70. The fourth-order valence-electron chi connectivity index (χ4n) is 1.69. The highest BCUT2D eigenvalue weighted by atomic mass is 35.5. The maximum absolute atomic E-state index is 12.0. The zero-order chi connectivity index (χ0) is 13.0. The molecule has 0 amide bonds. The molecule has 2 aromatic rings. The van der Waals surface area contributed by atoms with Gasteiger partial charge in [0.2, 0.25) is 0 Å². The van der Waals surface area contributed by atoms with E-state index >= 15 is 0 Å². The van der Waals surface area contributed by atoms with Gasteiger partial charge in [-0.3, -0.25) is 4.79 Å². The first-order valence-corrected chi connectivity index (χ1v) is 6.15. The number of hydrogen-bond acceptors (Lipinski definition) is 2. The van der Waals surface area contributed by atoms with Crippen LogP contribution in [-0.2, 0) is 6.54 Å². The number of benzene rings is 1. The van der Waals surface area contributed by atoms with Gasteiger partial charge in [-0.25, -0.2) is 0 Å². The van der Waals surface area contributed by atoms with Crippen molar-refractivity contribution in [2.24, 2.45) is 0 Å². The Labute approximate surface area is 111 Å². The highest BCUT2D eigenvalue weighted by molar-refractivity contribution is 6.30. The third-order valence-electron chi connectivity index (χ3n) is 2.55. The second-order valence-electron chi connectivity index (χ2n) is 3.86. The first-order valence-electron chi connectivity index (χ1n) is 5.77. The SMILES string of the molecule is CCOc1cccn(Cc2ccc(Cl)cc2)c1=O. The van der Waals surface area contributed by atoms with Crippen molar-refractivity contribution in [2.45, 2.75) is 13.5 Å². The van der Waals surface area contributed by atoms with E-state index in [1.54, 1.807) is 16.8 Å². The molecule has 1 aromatic carbocycles. The Morgan fingerprint density at radius 3 is 2.61 bits per heavy atom. The van der Waals surface area contributed by atoms with Gasteiger partial charge in [0, 0.05) is 11.2 Å². The summed E-state index contributed by atoms with van der Waals surface area (Å²) in [7, 11) is 0. The van der Waals surface area contributed by atoms with Crippen LogP contribution in [0.1, 0.15) is 12.5 Å². The molecule has 0 unspecified atom stereocenters. The summed E-state index contributed by atoms with van der Waals surface area (Å²) in [5, 5.41) is 0.689. The van der Waals surface area contributed by atoms with Crippen LogP contribution in [0.25, 0.3) is 0 Å². The Morgan fingerprint density at radius 2 is 1.94 bits per heavy atom. The zero-order valence-corrected chi connectivity index (χ0v) is 10.9. The van der Waals surface area contributed by atoms with E-state index in [1.165, 1.54) is 0 Å². The molecule has 0 radical (unpaired) electrons. The summed E-state index contributed by atoms with van der Waals surface area (Å²) in [6.45, 7) is 2.85. The van der Waals surface area contributed by atoms with Crippen LogP contribution in [0, 0.1) is 0 Å². The molecule has 0 saturated carbocycles. The normalized spacial score (nSPS) is 10.3. The summed E-state index contributed by atoms with van der Waals surface area (Å²) in [5.41, 5.74) is 0.907. The maximum atomic E-state index is 12.0. The third-order valence-corrected chi connectivity index (χ3v) is 2.80. The van der Waals surface area contributed by atoms with Gasteiger partial charge >= 0.3 is 0 Å². The van der Waals surface area contributed by atoms with Gasteiger partial charge in [-0.15, -0.1) is 0 Å². The van der Waals surface area contributed by atoms with Crippen LogP contribution in [0.2, 0.25) is 5.02 Å². The van der Waals surface area contributed by atoms with Gasteiger partial charge in [0.1, 0.15) is 0 Å². The van der Waals surface area contributed by atoms with Crippen molar-refractivity contribution in [3.05, 3.63) is 63.5 Å². The lowest BCUT2D eigenvalue weighted by Crippen LogP contribution is -2.21. The number of ether oxygens (including phenoxy) is 1. The predicted molar refractivity (Wildman–Crippen MR) is 72.4 cm³/mol. The van der Waals surface area contributed by atoms with Crippen LogP contribution in [0.4, 0.5) is 0 Å². The van der Waals surface area contributed by atoms with Crippen LogP contribution in [0.3, 0.4) is 0 Å². The van der Waals surface area contributed by atoms with E-state index < -0.39 is 0 Å². The zero-order valence-electron chi connectivity index (χ0n) is 10.1. The fraction of sp³-hybridized carbons (Fsp3) is 0.214. The standard InChI is InChI=1S/C14H14ClNO2/c1-2-18-13-4-3-9-16(14(13)17)10-11-5-7-12(15)8-6-11/h3-9H,2,10H2,1H3. The second-order valence-corrected chi connectivity index (χ2v) is 4.30. The van der Waals surface area contributed by atoms with Crippen LogP contribution in [-0.4, -0.2) is 11.2 Å². The highest BCUT2D eigenvalue weighted by Gasteiger charge is 2.04. The number of nitrogens with zero attached hydrogens (tertiary/aromatic N) is 1. The molecule has 0 saturated heterocycles. The van der Waals surface area contributed by atoms with Crippen molar-refractivity contribution >= 4 is 11.6 Å². The van der Waals surface area contributed by atoms with Crippen molar-refractivity contribution in [2.75, 3.05) is 6.61 Å². The molecule has 1 heterocycles. The topological polar surface area (TPSA) is 31.2 Å². The molecule has 3 nitrogen and oxygen atoms in total. The van der Waals surface area contributed by atoms with Crippen LogP contribution in [0.15, 0.2) is 47.4 Å². The molecule has 2 rings (SSSR count). The average Bonchev–Trinajstić information content (AvgIpc) is 2.37. The minimum atomic E-state index is -0.116. The van der Waals surface area contributed by atoms with Crippen LogP contribution >= 0.6 is 11.6 Å². The fourth-order valence-corrected chi connectivity index (χ4v) is 1.82. The lowest BCUT2D eigenvalue weighted by atomic mass is 10.2. The molecule has 0 bridgehead atoms. The van der Waals surface area contributed by atoms with E-state index in [2.05, 4.69) is 0 Å². The molecule has 1 aromatic heterocycles.